The highest BCUT2D eigenvalue weighted by Gasteiger charge is 2.35. The van der Waals surface area contributed by atoms with Crippen molar-refractivity contribution in [2.45, 2.75) is 30.5 Å². The number of hydrogen-bond acceptors (Lipinski definition) is 4. The molecule has 0 aliphatic carbocycles. The van der Waals surface area contributed by atoms with E-state index in [0.717, 1.165) is 10.4 Å². The summed E-state index contributed by atoms with van der Waals surface area (Å²) in [5.74, 6) is -0.0119. The van der Waals surface area contributed by atoms with Crippen LogP contribution in [0.15, 0.2) is 23.2 Å². The van der Waals surface area contributed by atoms with Crippen LogP contribution in [0.4, 0.5) is 13.2 Å². The first kappa shape index (κ1) is 16.2. The Kier molecular flexibility index (Phi) is 4.27. The molecule has 1 aliphatic rings. The van der Waals surface area contributed by atoms with Crippen LogP contribution in [0.3, 0.4) is 0 Å². The number of sulfonamides is 1. The van der Waals surface area contributed by atoms with Crippen LogP contribution < -0.4 is 0 Å². The number of alkyl halides is 3. The minimum Gasteiger partial charge on any atom is -0.391 e. The van der Waals surface area contributed by atoms with Crippen LogP contribution in [0.25, 0.3) is 0 Å². The Balaban J connectivity index is 2.24. The predicted molar refractivity (Wildman–Crippen MR) is 67.8 cm³/mol. The average molecular weight is 324 g/mol. The molecule has 0 radical (unpaired) electrons. The fourth-order valence-corrected chi connectivity index (χ4v) is 3.51. The van der Waals surface area contributed by atoms with Gasteiger partial charge in [0.25, 0.3) is 0 Å². The number of rotatable bonds is 2. The van der Waals surface area contributed by atoms with Crippen LogP contribution in [0.2, 0.25) is 0 Å². The summed E-state index contributed by atoms with van der Waals surface area (Å²) in [4.78, 5) is 2.84. The van der Waals surface area contributed by atoms with E-state index in [-0.39, 0.29) is 23.9 Å². The van der Waals surface area contributed by atoms with Crippen LogP contribution in [0, 0.1) is 5.92 Å². The lowest BCUT2D eigenvalue weighted by Gasteiger charge is -2.33. The maximum Gasteiger partial charge on any atom is 0.433 e. The number of β-amino-alcohol motifs (C(OH)–C–C–N with tert-alkyl or cyclic N) is 1. The second-order valence-electron chi connectivity index (χ2n) is 5.07. The average Bonchev–Trinajstić information content (AvgIpc) is 2.41. The molecule has 2 rings (SSSR count). The van der Waals surface area contributed by atoms with E-state index >= 15 is 0 Å². The number of aliphatic hydroxyl groups excluding tert-OH is 1. The molecule has 1 fully saturated rings. The van der Waals surface area contributed by atoms with Gasteiger partial charge < -0.3 is 5.11 Å². The number of halogens is 3. The number of piperidine rings is 1. The van der Waals surface area contributed by atoms with Crippen molar-refractivity contribution in [3.8, 4) is 0 Å². The Labute approximate surface area is 120 Å². The summed E-state index contributed by atoms with van der Waals surface area (Å²) in [6, 6.07) is 1.52. The smallest absolute Gasteiger partial charge is 0.391 e. The summed E-state index contributed by atoms with van der Waals surface area (Å²) in [5.41, 5.74) is -1.14. The third-order valence-electron chi connectivity index (χ3n) is 3.55. The van der Waals surface area contributed by atoms with Gasteiger partial charge in [-0.05, 0) is 24.5 Å². The number of nitrogens with zero attached hydrogens (tertiary/aromatic N) is 2. The third-order valence-corrected chi connectivity index (χ3v) is 5.39. The zero-order chi connectivity index (χ0) is 15.8. The maximum atomic E-state index is 12.4. The molecule has 0 spiro atoms. The molecule has 5 nitrogen and oxygen atoms in total. The van der Waals surface area contributed by atoms with E-state index in [2.05, 4.69) is 4.98 Å². The summed E-state index contributed by atoms with van der Waals surface area (Å²) in [6.45, 7) is 1.97. The fourth-order valence-electron chi connectivity index (χ4n) is 2.09. The minimum atomic E-state index is -4.61. The summed E-state index contributed by atoms with van der Waals surface area (Å²) in [6.07, 6.45) is -4.20. The Hall–Kier alpha value is -1.19. The molecule has 2 unspecified atom stereocenters. The molecule has 1 N–H and O–H groups in total. The second-order valence-corrected chi connectivity index (χ2v) is 7.01. The molecule has 9 heteroatoms. The highest BCUT2D eigenvalue weighted by Crippen LogP contribution is 2.29. The van der Waals surface area contributed by atoms with Crippen LogP contribution in [0.1, 0.15) is 19.0 Å². The first-order valence-electron chi connectivity index (χ1n) is 6.34. The van der Waals surface area contributed by atoms with E-state index in [1.807, 2.05) is 6.92 Å². The van der Waals surface area contributed by atoms with Crippen molar-refractivity contribution in [3.05, 3.63) is 24.0 Å². The van der Waals surface area contributed by atoms with Crippen LogP contribution in [-0.2, 0) is 16.2 Å². The molecule has 1 aromatic rings. The van der Waals surface area contributed by atoms with Crippen molar-refractivity contribution < 1.29 is 26.7 Å². The maximum absolute atomic E-state index is 12.4. The van der Waals surface area contributed by atoms with Crippen molar-refractivity contribution in [1.82, 2.24) is 9.29 Å². The molecule has 1 aliphatic heterocycles. The fraction of sp³-hybridized carbons (Fsp3) is 0.583. The molecule has 2 heterocycles. The molecular weight excluding hydrogens is 309 g/mol. The lowest BCUT2D eigenvalue weighted by atomic mass is 9.98. The number of aromatic nitrogens is 1. The number of pyridine rings is 1. The SMILES string of the molecule is CC1CCN(S(=O)(=O)c2ccc(C(F)(F)F)nc2)CC1O. The molecule has 118 valence electrons. The number of hydrogen-bond donors (Lipinski definition) is 1. The zero-order valence-electron chi connectivity index (χ0n) is 11.2. The Morgan fingerprint density at radius 3 is 2.52 bits per heavy atom. The molecule has 1 aromatic heterocycles. The quantitative estimate of drug-likeness (QED) is 0.895. The molecular formula is C12H15F3N2O3S. The van der Waals surface area contributed by atoms with Crippen LogP contribution in [-0.4, -0.2) is 42.0 Å². The van der Waals surface area contributed by atoms with Gasteiger partial charge in [0.2, 0.25) is 10.0 Å². The molecule has 0 saturated carbocycles. The van der Waals surface area contributed by atoms with E-state index in [1.165, 1.54) is 0 Å². The van der Waals surface area contributed by atoms with E-state index < -0.39 is 28.0 Å². The Morgan fingerprint density at radius 1 is 1.38 bits per heavy atom. The molecule has 2 atom stereocenters. The Bertz CT molecular complexity index is 601. The molecule has 0 aromatic carbocycles. The van der Waals surface area contributed by atoms with Gasteiger partial charge in [-0.25, -0.2) is 8.42 Å². The van der Waals surface area contributed by atoms with Crippen molar-refractivity contribution >= 4 is 10.0 Å². The van der Waals surface area contributed by atoms with Crippen molar-refractivity contribution in [1.29, 1.82) is 0 Å². The summed E-state index contributed by atoms with van der Waals surface area (Å²) < 4.78 is 62.9. The van der Waals surface area contributed by atoms with E-state index in [1.54, 1.807) is 0 Å². The molecule has 0 amide bonds. The Morgan fingerprint density at radius 2 is 2.05 bits per heavy atom. The van der Waals surface area contributed by atoms with E-state index in [0.29, 0.717) is 18.7 Å². The molecule has 0 bridgehead atoms. The first-order valence-corrected chi connectivity index (χ1v) is 7.78. The lowest BCUT2D eigenvalue weighted by Crippen LogP contribution is -2.45. The third kappa shape index (κ3) is 3.35. The van der Waals surface area contributed by atoms with Crippen molar-refractivity contribution in [2.24, 2.45) is 5.92 Å². The van der Waals surface area contributed by atoms with Gasteiger partial charge in [-0.15, -0.1) is 0 Å². The molecule has 1 saturated heterocycles. The predicted octanol–water partition coefficient (Wildman–Crippen LogP) is 1.49. The monoisotopic (exact) mass is 324 g/mol. The normalized spacial score (nSPS) is 25.0. The van der Waals surface area contributed by atoms with Gasteiger partial charge in [-0.2, -0.15) is 17.5 Å². The van der Waals surface area contributed by atoms with E-state index in [4.69, 9.17) is 0 Å². The standard InChI is InChI=1S/C12H15F3N2O3S/c1-8-4-5-17(7-10(8)18)21(19,20)9-2-3-11(16-6-9)12(13,14)15/h2-3,6,8,10,18H,4-5,7H2,1H3. The topological polar surface area (TPSA) is 70.5 Å². The van der Waals surface area contributed by atoms with Crippen molar-refractivity contribution in [2.75, 3.05) is 13.1 Å². The second kappa shape index (κ2) is 5.54. The summed E-state index contributed by atoms with van der Waals surface area (Å²) >= 11 is 0. The van der Waals surface area contributed by atoms with Gasteiger partial charge in [0.15, 0.2) is 0 Å². The van der Waals surface area contributed by atoms with Gasteiger partial charge in [0.05, 0.1) is 6.10 Å². The zero-order valence-corrected chi connectivity index (χ0v) is 12.0. The molecule has 21 heavy (non-hydrogen) atoms. The summed E-state index contributed by atoms with van der Waals surface area (Å²) in [5, 5.41) is 9.74. The largest absolute Gasteiger partial charge is 0.433 e. The van der Waals surface area contributed by atoms with Crippen LogP contribution in [0.5, 0.6) is 0 Å². The van der Waals surface area contributed by atoms with Gasteiger partial charge in [-0.3, -0.25) is 4.98 Å². The minimum absolute atomic E-state index is 0.0119. The van der Waals surface area contributed by atoms with Gasteiger partial charge >= 0.3 is 6.18 Å². The van der Waals surface area contributed by atoms with Gasteiger partial charge in [0.1, 0.15) is 10.6 Å². The highest BCUT2D eigenvalue weighted by atomic mass is 32.2. The summed E-state index contributed by atoms with van der Waals surface area (Å²) in [7, 11) is -3.94. The van der Waals surface area contributed by atoms with E-state index in [9.17, 15) is 26.7 Å². The number of aliphatic hydroxyl groups is 1. The first-order chi connectivity index (χ1) is 9.62. The highest BCUT2D eigenvalue weighted by molar-refractivity contribution is 7.89. The van der Waals surface area contributed by atoms with Gasteiger partial charge in [0, 0.05) is 19.3 Å². The van der Waals surface area contributed by atoms with Gasteiger partial charge in [-0.1, -0.05) is 6.92 Å². The lowest BCUT2D eigenvalue weighted by molar-refractivity contribution is -0.141. The van der Waals surface area contributed by atoms with Crippen molar-refractivity contribution in [3.63, 3.8) is 0 Å². The van der Waals surface area contributed by atoms with Crippen LogP contribution >= 0.6 is 0 Å².